The van der Waals surface area contributed by atoms with Crippen molar-refractivity contribution >= 4 is 6.09 Å². The number of hydrogen-bond donors (Lipinski definition) is 3. The highest BCUT2D eigenvalue weighted by molar-refractivity contribution is 5.67. The van der Waals surface area contributed by atoms with Gasteiger partial charge in [0.05, 0.1) is 6.20 Å². The Bertz CT molecular complexity index is 549. The average molecular weight is 336 g/mol. The Kier molecular flexibility index (Phi) is 5.91. The van der Waals surface area contributed by atoms with E-state index < -0.39 is 5.60 Å². The molecule has 0 aromatic carbocycles. The number of aromatic amines is 1. The van der Waals surface area contributed by atoms with Gasteiger partial charge in [0.25, 0.3) is 0 Å². The van der Waals surface area contributed by atoms with E-state index in [1.54, 1.807) is 0 Å². The van der Waals surface area contributed by atoms with E-state index in [9.17, 15) is 4.79 Å². The molecule has 6 nitrogen and oxygen atoms in total. The minimum absolute atomic E-state index is 0.0983. The van der Waals surface area contributed by atoms with Gasteiger partial charge in [-0.3, -0.25) is 5.10 Å². The zero-order chi connectivity index (χ0) is 17.8. The van der Waals surface area contributed by atoms with Gasteiger partial charge in [-0.05, 0) is 46.5 Å². The molecular weight excluding hydrogens is 304 g/mol. The summed E-state index contributed by atoms with van der Waals surface area (Å²) >= 11 is 0. The van der Waals surface area contributed by atoms with E-state index in [1.165, 1.54) is 24.8 Å². The number of amides is 1. The van der Waals surface area contributed by atoms with Crippen molar-refractivity contribution < 1.29 is 9.53 Å². The number of ether oxygens (including phenoxy) is 1. The molecule has 0 unspecified atom stereocenters. The molecule has 24 heavy (non-hydrogen) atoms. The van der Waals surface area contributed by atoms with Gasteiger partial charge in [0, 0.05) is 29.9 Å². The fourth-order valence-electron chi connectivity index (χ4n) is 3.37. The van der Waals surface area contributed by atoms with Crippen LogP contribution < -0.4 is 10.6 Å². The fourth-order valence-corrected chi connectivity index (χ4v) is 3.37. The Morgan fingerprint density at radius 3 is 2.79 bits per heavy atom. The van der Waals surface area contributed by atoms with E-state index in [4.69, 9.17) is 4.74 Å². The van der Waals surface area contributed by atoms with Gasteiger partial charge < -0.3 is 15.4 Å². The maximum absolute atomic E-state index is 12.1. The molecule has 1 heterocycles. The van der Waals surface area contributed by atoms with Crippen LogP contribution in [0.1, 0.15) is 64.6 Å². The molecule has 3 N–H and O–H groups in total. The lowest BCUT2D eigenvalue weighted by molar-refractivity contribution is 0.0479. The van der Waals surface area contributed by atoms with E-state index in [2.05, 4.69) is 27.8 Å². The van der Waals surface area contributed by atoms with Crippen molar-refractivity contribution in [1.82, 2.24) is 20.8 Å². The largest absolute Gasteiger partial charge is 0.444 e. The molecule has 6 heteroatoms. The van der Waals surface area contributed by atoms with Crippen LogP contribution in [-0.2, 0) is 11.3 Å². The maximum Gasteiger partial charge on any atom is 0.407 e. The molecule has 0 aliphatic heterocycles. The number of H-pyrrole nitrogens is 1. The summed E-state index contributed by atoms with van der Waals surface area (Å²) in [4.78, 5) is 12.1. The standard InChI is InChI=1S/C18H32N4O2/c1-13-8-6-7-9-18(13,12-19-16(23)24-17(3,4)5)20-10-15-11-21-22-14(15)2/h11,13,20H,6-10,12H2,1-5H3,(H,19,23)(H,21,22)/t13-,18+/m1/s1. The third kappa shape index (κ3) is 4.97. The number of nitrogens with zero attached hydrogens (tertiary/aromatic N) is 1. The van der Waals surface area contributed by atoms with Crippen LogP contribution in [0.25, 0.3) is 0 Å². The summed E-state index contributed by atoms with van der Waals surface area (Å²) in [5.74, 6) is 0.494. The molecule has 0 spiro atoms. The number of carbonyl (C=O) groups excluding carboxylic acids is 1. The first-order valence-corrected chi connectivity index (χ1v) is 8.92. The summed E-state index contributed by atoms with van der Waals surface area (Å²) in [6.45, 7) is 11.3. The summed E-state index contributed by atoms with van der Waals surface area (Å²) in [5.41, 5.74) is 1.68. The first kappa shape index (κ1) is 18.8. The van der Waals surface area contributed by atoms with E-state index in [0.717, 1.165) is 18.7 Å². The summed E-state index contributed by atoms with van der Waals surface area (Å²) in [5, 5.41) is 13.8. The van der Waals surface area contributed by atoms with E-state index in [0.29, 0.717) is 12.5 Å². The summed E-state index contributed by atoms with van der Waals surface area (Å²) in [6, 6.07) is 0. The Morgan fingerprint density at radius 2 is 2.21 bits per heavy atom. The average Bonchev–Trinajstić information content (AvgIpc) is 2.89. The zero-order valence-electron chi connectivity index (χ0n) is 15.7. The van der Waals surface area contributed by atoms with Crippen molar-refractivity contribution in [3.63, 3.8) is 0 Å². The number of rotatable bonds is 5. The van der Waals surface area contributed by atoms with Crippen LogP contribution in [0.4, 0.5) is 4.79 Å². The zero-order valence-corrected chi connectivity index (χ0v) is 15.7. The molecule has 2 atom stereocenters. The van der Waals surface area contributed by atoms with Gasteiger partial charge in [0.2, 0.25) is 0 Å². The lowest BCUT2D eigenvalue weighted by atomic mass is 9.73. The predicted molar refractivity (Wildman–Crippen MR) is 94.8 cm³/mol. The second-order valence-corrected chi connectivity index (χ2v) is 8.03. The Labute approximate surface area is 145 Å². The Hall–Kier alpha value is -1.56. The first-order chi connectivity index (χ1) is 11.2. The number of aromatic nitrogens is 2. The predicted octanol–water partition coefficient (Wildman–Crippen LogP) is 3.28. The first-order valence-electron chi connectivity index (χ1n) is 8.92. The van der Waals surface area contributed by atoms with Crippen LogP contribution in [-0.4, -0.2) is 34.0 Å². The van der Waals surface area contributed by atoms with Gasteiger partial charge in [-0.15, -0.1) is 0 Å². The van der Waals surface area contributed by atoms with Gasteiger partial charge in [-0.2, -0.15) is 5.10 Å². The van der Waals surface area contributed by atoms with Crippen molar-refractivity contribution in [2.75, 3.05) is 6.54 Å². The molecule has 2 rings (SSSR count). The smallest absolute Gasteiger partial charge is 0.407 e. The number of aryl methyl sites for hydroxylation is 1. The topological polar surface area (TPSA) is 79.0 Å². The Balaban J connectivity index is 2.01. The van der Waals surface area contributed by atoms with Crippen molar-refractivity contribution in [2.45, 2.75) is 78.0 Å². The molecule has 1 aromatic rings. The van der Waals surface area contributed by atoms with Gasteiger partial charge in [-0.25, -0.2) is 4.79 Å². The number of nitrogens with one attached hydrogen (secondary N) is 3. The highest BCUT2D eigenvalue weighted by Gasteiger charge is 2.38. The van der Waals surface area contributed by atoms with Crippen molar-refractivity contribution in [1.29, 1.82) is 0 Å². The fraction of sp³-hybridized carbons (Fsp3) is 0.778. The quantitative estimate of drug-likeness (QED) is 0.771. The van der Waals surface area contributed by atoms with Gasteiger partial charge >= 0.3 is 6.09 Å². The molecule has 1 aliphatic carbocycles. The van der Waals surface area contributed by atoms with Gasteiger partial charge in [0.1, 0.15) is 5.60 Å². The molecular formula is C18H32N4O2. The highest BCUT2D eigenvalue weighted by atomic mass is 16.6. The minimum Gasteiger partial charge on any atom is -0.444 e. The molecule has 1 amide bonds. The molecule has 0 radical (unpaired) electrons. The lowest BCUT2D eigenvalue weighted by Gasteiger charge is -2.44. The monoisotopic (exact) mass is 336 g/mol. The minimum atomic E-state index is -0.475. The van der Waals surface area contributed by atoms with E-state index >= 15 is 0 Å². The van der Waals surface area contributed by atoms with Crippen molar-refractivity contribution in [3.05, 3.63) is 17.5 Å². The van der Waals surface area contributed by atoms with Crippen LogP contribution in [0.3, 0.4) is 0 Å². The molecule has 1 aliphatic rings. The third-order valence-corrected chi connectivity index (χ3v) is 4.97. The lowest BCUT2D eigenvalue weighted by Crippen LogP contribution is -2.58. The van der Waals surface area contributed by atoms with E-state index in [-0.39, 0.29) is 11.6 Å². The highest BCUT2D eigenvalue weighted by Crippen LogP contribution is 2.33. The van der Waals surface area contributed by atoms with Crippen LogP contribution in [0, 0.1) is 12.8 Å². The number of carbonyl (C=O) groups is 1. The van der Waals surface area contributed by atoms with E-state index in [1.807, 2.05) is 33.9 Å². The summed E-state index contributed by atoms with van der Waals surface area (Å²) in [7, 11) is 0. The summed E-state index contributed by atoms with van der Waals surface area (Å²) in [6.07, 6.45) is 6.18. The second kappa shape index (κ2) is 7.55. The Morgan fingerprint density at radius 1 is 1.46 bits per heavy atom. The van der Waals surface area contributed by atoms with Gasteiger partial charge in [0.15, 0.2) is 0 Å². The van der Waals surface area contributed by atoms with Gasteiger partial charge in [-0.1, -0.05) is 19.8 Å². The molecule has 0 saturated heterocycles. The third-order valence-electron chi connectivity index (χ3n) is 4.97. The SMILES string of the molecule is Cc1[nH]ncc1CN[C@]1(CNC(=O)OC(C)(C)C)CCCC[C@H]1C. The van der Waals surface area contributed by atoms with Crippen LogP contribution in [0.5, 0.6) is 0 Å². The maximum atomic E-state index is 12.1. The van der Waals surface area contributed by atoms with Crippen LogP contribution >= 0.6 is 0 Å². The van der Waals surface area contributed by atoms with Crippen LogP contribution in [0.15, 0.2) is 6.20 Å². The molecule has 1 fully saturated rings. The summed E-state index contributed by atoms with van der Waals surface area (Å²) < 4.78 is 5.39. The number of hydrogen-bond acceptors (Lipinski definition) is 4. The molecule has 0 bridgehead atoms. The normalized spacial score (nSPS) is 24.6. The molecule has 136 valence electrons. The second-order valence-electron chi connectivity index (χ2n) is 8.03. The molecule has 1 saturated carbocycles. The molecule has 1 aromatic heterocycles. The van der Waals surface area contributed by atoms with Crippen molar-refractivity contribution in [2.24, 2.45) is 5.92 Å². The van der Waals surface area contributed by atoms with Crippen LogP contribution in [0.2, 0.25) is 0 Å². The van der Waals surface area contributed by atoms with Crippen molar-refractivity contribution in [3.8, 4) is 0 Å². The number of alkyl carbamates (subject to hydrolysis) is 1.